The van der Waals surface area contributed by atoms with Crippen molar-refractivity contribution in [2.24, 2.45) is 0 Å². The zero-order chi connectivity index (χ0) is 15.0. The van der Waals surface area contributed by atoms with Crippen LogP contribution in [-0.4, -0.2) is 25.7 Å². The Balaban J connectivity index is 2.53. The van der Waals surface area contributed by atoms with Crippen LogP contribution < -0.4 is 0 Å². The number of carboxylic acid groups (broad SMARTS) is 1. The zero-order valence-corrected chi connectivity index (χ0v) is 12.7. The predicted molar refractivity (Wildman–Crippen MR) is 76.7 cm³/mol. The van der Waals surface area contributed by atoms with Gasteiger partial charge >= 0.3 is 5.97 Å². The highest BCUT2D eigenvalue weighted by molar-refractivity contribution is 7.90. The monoisotopic (exact) mass is 296 g/mol. The highest BCUT2D eigenvalue weighted by Crippen LogP contribution is 2.41. The first-order valence-electron chi connectivity index (χ1n) is 6.82. The van der Waals surface area contributed by atoms with Crippen molar-refractivity contribution in [3.8, 4) is 0 Å². The Morgan fingerprint density at radius 1 is 1.20 bits per heavy atom. The number of benzene rings is 1. The van der Waals surface area contributed by atoms with Crippen molar-refractivity contribution in [1.82, 2.24) is 0 Å². The fourth-order valence-electron chi connectivity index (χ4n) is 3.16. The number of rotatable bonds is 3. The van der Waals surface area contributed by atoms with Gasteiger partial charge in [0.15, 0.2) is 9.84 Å². The van der Waals surface area contributed by atoms with Crippen molar-refractivity contribution in [1.29, 1.82) is 0 Å². The second kappa shape index (κ2) is 5.20. The molecule has 0 unspecified atom stereocenters. The molecule has 1 aromatic carbocycles. The Morgan fingerprint density at radius 3 is 2.25 bits per heavy atom. The summed E-state index contributed by atoms with van der Waals surface area (Å²) < 4.78 is 23.1. The summed E-state index contributed by atoms with van der Waals surface area (Å²) in [5, 5.41) is 9.68. The molecule has 0 bridgehead atoms. The van der Waals surface area contributed by atoms with Crippen molar-refractivity contribution in [2.45, 2.75) is 49.3 Å². The summed E-state index contributed by atoms with van der Waals surface area (Å²) in [6.07, 6.45) is 5.28. The lowest BCUT2D eigenvalue weighted by molar-refractivity contribution is -0.145. The fourth-order valence-corrected chi connectivity index (χ4v) is 3.86. The van der Waals surface area contributed by atoms with Gasteiger partial charge in [-0.05, 0) is 43.0 Å². The van der Waals surface area contributed by atoms with Gasteiger partial charge in [-0.2, -0.15) is 0 Å². The first-order valence-corrected chi connectivity index (χ1v) is 8.71. The van der Waals surface area contributed by atoms with Gasteiger partial charge in [0, 0.05) is 6.26 Å². The Kier molecular flexibility index (Phi) is 3.91. The van der Waals surface area contributed by atoms with Crippen LogP contribution in [0.25, 0.3) is 0 Å². The summed E-state index contributed by atoms with van der Waals surface area (Å²) in [4.78, 5) is 12.0. The van der Waals surface area contributed by atoms with Gasteiger partial charge in [-0.15, -0.1) is 0 Å². The number of carboxylic acids is 1. The fraction of sp³-hybridized carbons (Fsp3) is 0.533. The Hall–Kier alpha value is -1.36. The number of aliphatic carboxylic acids is 1. The largest absolute Gasteiger partial charge is 0.481 e. The van der Waals surface area contributed by atoms with Crippen LogP contribution in [0.15, 0.2) is 23.1 Å². The zero-order valence-electron chi connectivity index (χ0n) is 11.8. The summed E-state index contributed by atoms with van der Waals surface area (Å²) in [6.45, 7) is 1.79. The quantitative estimate of drug-likeness (QED) is 0.931. The van der Waals surface area contributed by atoms with Gasteiger partial charge in [-0.25, -0.2) is 8.42 Å². The van der Waals surface area contributed by atoms with Gasteiger partial charge in [-0.3, -0.25) is 4.79 Å². The lowest BCUT2D eigenvalue weighted by Gasteiger charge is -2.34. The molecule has 5 heteroatoms. The van der Waals surface area contributed by atoms with Crippen molar-refractivity contribution >= 4 is 15.8 Å². The molecule has 1 N–H and O–H groups in total. The van der Waals surface area contributed by atoms with Gasteiger partial charge in [0.25, 0.3) is 0 Å². The molecule has 2 rings (SSSR count). The molecule has 0 saturated heterocycles. The lowest BCUT2D eigenvalue weighted by atomic mass is 9.68. The van der Waals surface area contributed by atoms with E-state index in [1.807, 2.05) is 0 Å². The van der Waals surface area contributed by atoms with Crippen LogP contribution in [-0.2, 0) is 20.0 Å². The molecule has 1 fully saturated rings. The normalized spacial score (nSPS) is 18.7. The molecule has 1 aromatic rings. The molecule has 110 valence electrons. The van der Waals surface area contributed by atoms with Crippen LogP contribution in [0.4, 0.5) is 0 Å². The predicted octanol–water partition coefficient (Wildman–Crippen LogP) is 2.69. The third-order valence-electron chi connectivity index (χ3n) is 4.26. The number of hydrogen-bond acceptors (Lipinski definition) is 3. The maximum atomic E-state index is 11.8. The van der Waals surface area contributed by atoms with Crippen LogP contribution >= 0.6 is 0 Å². The Morgan fingerprint density at radius 2 is 1.80 bits per heavy atom. The highest BCUT2D eigenvalue weighted by atomic mass is 32.2. The molecule has 0 atom stereocenters. The topological polar surface area (TPSA) is 71.4 Å². The summed E-state index contributed by atoms with van der Waals surface area (Å²) in [6, 6.07) is 4.80. The van der Waals surface area contributed by atoms with Crippen molar-refractivity contribution in [3.63, 3.8) is 0 Å². The maximum absolute atomic E-state index is 11.8. The van der Waals surface area contributed by atoms with Crippen LogP contribution in [0.1, 0.15) is 43.2 Å². The SMILES string of the molecule is Cc1cc(S(C)(=O)=O)ccc1C1(C(=O)O)CCCCC1. The molecule has 0 heterocycles. The molecule has 0 aromatic heterocycles. The smallest absolute Gasteiger partial charge is 0.314 e. The van der Waals surface area contributed by atoms with E-state index >= 15 is 0 Å². The minimum atomic E-state index is -3.26. The Bertz CT molecular complexity index is 625. The van der Waals surface area contributed by atoms with E-state index in [-0.39, 0.29) is 4.90 Å². The molecule has 1 aliphatic carbocycles. The second-order valence-electron chi connectivity index (χ2n) is 5.70. The third kappa shape index (κ3) is 2.59. The average Bonchev–Trinajstić information content (AvgIpc) is 2.38. The van der Waals surface area contributed by atoms with Crippen molar-refractivity contribution < 1.29 is 18.3 Å². The molecule has 1 saturated carbocycles. The molecule has 0 radical (unpaired) electrons. The highest BCUT2D eigenvalue weighted by Gasteiger charge is 2.42. The molecular weight excluding hydrogens is 276 g/mol. The third-order valence-corrected chi connectivity index (χ3v) is 5.37. The van der Waals surface area contributed by atoms with Crippen LogP contribution in [0, 0.1) is 6.92 Å². The molecule has 20 heavy (non-hydrogen) atoms. The number of aryl methyl sites for hydroxylation is 1. The number of hydrogen-bond donors (Lipinski definition) is 1. The molecule has 1 aliphatic rings. The van der Waals surface area contributed by atoms with Gasteiger partial charge in [0.05, 0.1) is 10.3 Å². The van der Waals surface area contributed by atoms with Crippen LogP contribution in [0.2, 0.25) is 0 Å². The van der Waals surface area contributed by atoms with Gasteiger partial charge in [0.1, 0.15) is 0 Å². The lowest BCUT2D eigenvalue weighted by Crippen LogP contribution is -2.38. The first-order chi connectivity index (χ1) is 9.27. The average molecular weight is 296 g/mol. The van der Waals surface area contributed by atoms with Gasteiger partial charge in [0.2, 0.25) is 0 Å². The minimum Gasteiger partial charge on any atom is -0.481 e. The number of sulfone groups is 1. The summed E-state index contributed by atoms with van der Waals surface area (Å²) >= 11 is 0. The van der Waals surface area contributed by atoms with Gasteiger partial charge < -0.3 is 5.11 Å². The molecule has 4 nitrogen and oxygen atoms in total. The van der Waals surface area contributed by atoms with E-state index in [1.54, 1.807) is 19.1 Å². The van der Waals surface area contributed by atoms with E-state index in [2.05, 4.69) is 0 Å². The Labute approximate surface area is 119 Å². The van der Waals surface area contributed by atoms with Crippen molar-refractivity contribution in [3.05, 3.63) is 29.3 Å². The standard InChI is InChI=1S/C15H20O4S/c1-11-10-12(20(2,18)19)6-7-13(11)15(14(16)17)8-4-3-5-9-15/h6-7,10H,3-5,8-9H2,1-2H3,(H,16,17). The second-order valence-corrected chi connectivity index (χ2v) is 7.71. The minimum absolute atomic E-state index is 0.245. The van der Waals surface area contributed by atoms with E-state index in [9.17, 15) is 18.3 Å². The van der Waals surface area contributed by atoms with E-state index in [1.165, 1.54) is 6.07 Å². The molecule has 0 spiro atoms. The molecule has 0 amide bonds. The van der Waals surface area contributed by atoms with Crippen LogP contribution in [0.5, 0.6) is 0 Å². The molecule has 0 aliphatic heterocycles. The van der Waals surface area contributed by atoms with Gasteiger partial charge in [-0.1, -0.05) is 25.3 Å². The summed E-state index contributed by atoms with van der Waals surface area (Å²) in [7, 11) is -3.26. The van der Waals surface area contributed by atoms with E-state index in [0.717, 1.165) is 36.6 Å². The number of carbonyl (C=O) groups is 1. The van der Waals surface area contributed by atoms with E-state index < -0.39 is 21.2 Å². The maximum Gasteiger partial charge on any atom is 0.314 e. The van der Waals surface area contributed by atoms with E-state index in [0.29, 0.717) is 12.8 Å². The summed E-state index contributed by atoms with van der Waals surface area (Å²) in [5.41, 5.74) is 0.660. The van der Waals surface area contributed by atoms with Crippen molar-refractivity contribution in [2.75, 3.05) is 6.26 Å². The summed E-state index contributed by atoms with van der Waals surface area (Å²) in [5.74, 6) is -0.799. The molecular formula is C15H20O4S. The van der Waals surface area contributed by atoms with Crippen LogP contribution in [0.3, 0.4) is 0 Å². The first kappa shape index (κ1) is 15.0. The van der Waals surface area contributed by atoms with E-state index in [4.69, 9.17) is 0 Å².